The van der Waals surface area contributed by atoms with Gasteiger partial charge in [-0.3, -0.25) is 4.79 Å². The zero-order valence-corrected chi connectivity index (χ0v) is 13.8. The minimum Gasteiger partial charge on any atom is -0.494 e. The summed E-state index contributed by atoms with van der Waals surface area (Å²) in [6.07, 6.45) is 8.37. The summed E-state index contributed by atoms with van der Waals surface area (Å²) in [6.45, 7) is 8.76. The average Bonchev–Trinajstić information content (AvgIpc) is 2.44. The number of hydrogen-bond donors (Lipinski definition) is 0. The number of allylic oxidation sites excluding steroid dienone is 1. The van der Waals surface area contributed by atoms with Crippen LogP contribution in [0, 0.1) is 5.41 Å². The number of ketones is 1. The van der Waals surface area contributed by atoms with Gasteiger partial charge in [-0.1, -0.05) is 65.2 Å². The van der Waals surface area contributed by atoms with E-state index in [0.717, 1.165) is 24.3 Å². The molecule has 0 radical (unpaired) electrons. The highest BCUT2D eigenvalue weighted by molar-refractivity contribution is 5.97. The minimum absolute atomic E-state index is 0.138. The highest BCUT2D eigenvalue weighted by Gasteiger charge is 2.17. The van der Waals surface area contributed by atoms with Crippen molar-refractivity contribution >= 4 is 11.9 Å². The maximum Gasteiger partial charge on any atom is 0.161 e. The van der Waals surface area contributed by atoms with Gasteiger partial charge in [0.25, 0.3) is 0 Å². The van der Waals surface area contributed by atoms with E-state index < -0.39 is 0 Å². The molecule has 0 unspecified atom stereocenters. The fourth-order valence-electron chi connectivity index (χ4n) is 1.82. The summed E-state index contributed by atoms with van der Waals surface area (Å²) in [5.74, 6) is 1.03. The molecule has 1 aromatic carbocycles. The molecule has 1 aromatic rings. The number of ether oxygens (including phenoxy) is 1. The van der Waals surface area contributed by atoms with E-state index in [2.05, 4.69) is 6.92 Å². The molecule has 0 aliphatic rings. The monoisotopic (exact) mass is 288 g/mol. The lowest BCUT2D eigenvalue weighted by atomic mass is 9.90. The average molecular weight is 288 g/mol. The summed E-state index contributed by atoms with van der Waals surface area (Å²) >= 11 is 0. The zero-order chi connectivity index (χ0) is 15.7. The molecule has 2 heteroatoms. The molecule has 0 bridgehead atoms. The Morgan fingerprint density at radius 1 is 1.10 bits per heavy atom. The third-order valence-electron chi connectivity index (χ3n) is 3.31. The second kappa shape index (κ2) is 8.66. The van der Waals surface area contributed by atoms with E-state index in [1.807, 2.05) is 51.1 Å². The van der Waals surface area contributed by atoms with Gasteiger partial charge in [0.15, 0.2) is 5.78 Å². The predicted octanol–water partition coefficient (Wildman–Crippen LogP) is 5.27. The summed E-state index contributed by atoms with van der Waals surface area (Å²) in [6, 6.07) is 7.88. The van der Waals surface area contributed by atoms with E-state index in [0.29, 0.717) is 0 Å². The van der Waals surface area contributed by atoms with E-state index in [-0.39, 0.29) is 11.2 Å². The zero-order valence-electron chi connectivity index (χ0n) is 13.8. The Morgan fingerprint density at radius 3 is 2.33 bits per heavy atom. The quantitative estimate of drug-likeness (QED) is 0.481. The summed E-state index contributed by atoms with van der Waals surface area (Å²) in [5.41, 5.74) is 0.698. The summed E-state index contributed by atoms with van der Waals surface area (Å²) in [5, 5.41) is 0. The smallest absolute Gasteiger partial charge is 0.161 e. The Morgan fingerprint density at radius 2 is 1.76 bits per heavy atom. The van der Waals surface area contributed by atoms with Crippen LogP contribution in [-0.2, 0) is 4.79 Å². The standard InChI is InChI=1S/C19H28O2/c1-5-6-7-8-15-21-17-12-9-16(10-13-17)11-14-18(20)19(2,3)4/h9-14H,5-8,15H2,1-4H3/b14-11+. The topological polar surface area (TPSA) is 26.3 Å². The van der Waals surface area contributed by atoms with Crippen molar-refractivity contribution in [1.29, 1.82) is 0 Å². The van der Waals surface area contributed by atoms with Crippen LogP contribution < -0.4 is 4.74 Å². The molecule has 2 nitrogen and oxygen atoms in total. The fraction of sp³-hybridized carbons (Fsp3) is 0.526. The Labute approximate surface area is 129 Å². The number of unbranched alkanes of at least 4 members (excludes halogenated alkanes) is 3. The molecule has 0 fully saturated rings. The SMILES string of the molecule is CCCCCCOc1ccc(/C=C/C(=O)C(C)(C)C)cc1. The van der Waals surface area contributed by atoms with Crippen molar-refractivity contribution in [3.05, 3.63) is 35.9 Å². The highest BCUT2D eigenvalue weighted by atomic mass is 16.5. The first-order valence-electron chi connectivity index (χ1n) is 7.89. The van der Waals surface area contributed by atoms with Crippen LogP contribution in [0.3, 0.4) is 0 Å². The van der Waals surface area contributed by atoms with Crippen LogP contribution in [0.15, 0.2) is 30.3 Å². The van der Waals surface area contributed by atoms with Gasteiger partial charge in [0.05, 0.1) is 6.61 Å². The molecular weight excluding hydrogens is 260 g/mol. The van der Waals surface area contributed by atoms with Gasteiger partial charge in [-0.25, -0.2) is 0 Å². The van der Waals surface area contributed by atoms with Gasteiger partial charge in [-0.2, -0.15) is 0 Å². The van der Waals surface area contributed by atoms with Crippen LogP contribution in [0.25, 0.3) is 6.08 Å². The lowest BCUT2D eigenvalue weighted by Crippen LogP contribution is -2.17. The van der Waals surface area contributed by atoms with E-state index in [4.69, 9.17) is 4.74 Å². The maximum atomic E-state index is 11.8. The molecule has 0 saturated carbocycles. The van der Waals surface area contributed by atoms with Crippen molar-refractivity contribution in [2.45, 2.75) is 53.4 Å². The van der Waals surface area contributed by atoms with Crippen LogP contribution in [0.5, 0.6) is 5.75 Å². The summed E-state index contributed by atoms with van der Waals surface area (Å²) < 4.78 is 5.70. The van der Waals surface area contributed by atoms with Gasteiger partial charge in [0.2, 0.25) is 0 Å². The Kier molecular flexibility index (Phi) is 7.21. The minimum atomic E-state index is -0.321. The first-order valence-corrected chi connectivity index (χ1v) is 7.89. The molecule has 1 rings (SSSR count). The van der Waals surface area contributed by atoms with Crippen LogP contribution in [0.4, 0.5) is 0 Å². The number of carbonyl (C=O) groups excluding carboxylic acids is 1. The maximum absolute atomic E-state index is 11.8. The summed E-state index contributed by atoms with van der Waals surface area (Å²) in [4.78, 5) is 11.8. The molecule has 0 N–H and O–H groups in total. The van der Waals surface area contributed by atoms with Crippen molar-refractivity contribution < 1.29 is 9.53 Å². The van der Waals surface area contributed by atoms with Crippen LogP contribution in [0.1, 0.15) is 58.9 Å². The van der Waals surface area contributed by atoms with E-state index in [9.17, 15) is 4.79 Å². The number of benzene rings is 1. The van der Waals surface area contributed by atoms with E-state index >= 15 is 0 Å². The highest BCUT2D eigenvalue weighted by Crippen LogP contribution is 2.17. The normalized spacial score (nSPS) is 11.8. The van der Waals surface area contributed by atoms with Gasteiger partial charge < -0.3 is 4.74 Å². The molecule has 0 amide bonds. The molecule has 0 saturated heterocycles. The Hall–Kier alpha value is -1.57. The number of hydrogen-bond acceptors (Lipinski definition) is 2. The van der Waals surface area contributed by atoms with Gasteiger partial charge >= 0.3 is 0 Å². The lowest BCUT2D eigenvalue weighted by molar-refractivity contribution is -0.121. The second-order valence-corrected chi connectivity index (χ2v) is 6.43. The van der Waals surface area contributed by atoms with Gasteiger partial charge in [0.1, 0.15) is 5.75 Å². The van der Waals surface area contributed by atoms with Crippen molar-refractivity contribution in [2.75, 3.05) is 6.61 Å². The Bertz CT molecular complexity index is 449. The first-order chi connectivity index (χ1) is 9.93. The molecule has 0 aliphatic carbocycles. The summed E-state index contributed by atoms with van der Waals surface area (Å²) in [7, 11) is 0. The fourth-order valence-corrected chi connectivity index (χ4v) is 1.82. The van der Waals surface area contributed by atoms with Crippen molar-refractivity contribution in [3.8, 4) is 5.75 Å². The second-order valence-electron chi connectivity index (χ2n) is 6.43. The van der Waals surface area contributed by atoms with Gasteiger partial charge in [0, 0.05) is 5.41 Å². The van der Waals surface area contributed by atoms with Crippen molar-refractivity contribution in [3.63, 3.8) is 0 Å². The molecule has 0 heterocycles. The molecular formula is C19H28O2. The van der Waals surface area contributed by atoms with Crippen LogP contribution in [-0.4, -0.2) is 12.4 Å². The van der Waals surface area contributed by atoms with Gasteiger partial charge in [-0.15, -0.1) is 0 Å². The third kappa shape index (κ3) is 7.12. The number of rotatable bonds is 8. The first kappa shape index (κ1) is 17.5. The third-order valence-corrected chi connectivity index (χ3v) is 3.31. The van der Waals surface area contributed by atoms with Crippen LogP contribution in [0.2, 0.25) is 0 Å². The van der Waals surface area contributed by atoms with Crippen LogP contribution >= 0.6 is 0 Å². The number of carbonyl (C=O) groups is 1. The molecule has 0 aliphatic heterocycles. The van der Waals surface area contributed by atoms with E-state index in [1.54, 1.807) is 6.08 Å². The predicted molar refractivity (Wildman–Crippen MR) is 89.6 cm³/mol. The molecule has 0 atom stereocenters. The Balaban J connectivity index is 2.43. The van der Waals surface area contributed by atoms with Crippen molar-refractivity contribution in [2.24, 2.45) is 5.41 Å². The van der Waals surface area contributed by atoms with Crippen molar-refractivity contribution in [1.82, 2.24) is 0 Å². The molecule has 116 valence electrons. The molecule has 21 heavy (non-hydrogen) atoms. The van der Waals surface area contributed by atoms with Gasteiger partial charge in [-0.05, 0) is 30.2 Å². The molecule has 0 aromatic heterocycles. The lowest BCUT2D eigenvalue weighted by Gasteiger charge is -2.12. The van der Waals surface area contributed by atoms with E-state index in [1.165, 1.54) is 19.3 Å². The largest absolute Gasteiger partial charge is 0.494 e. The molecule has 0 spiro atoms.